The molecule has 0 atom stereocenters. The van der Waals surface area contributed by atoms with Crippen LogP contribution in [0.25, 0.3) is 33.1 Å². The maximum absolute atomic E-state index is 15.7. The van der Waals surface area contributed by atoms with Crippen LogP contribution in [0.4, 0.5) is 25.8 Å². The van der Waals surface area contributed by atoms with Crippen molar-refractivity contribution in [1.29, 1.82) is 0 Å². The number of morpholine rings is 1. The van der Waals surface area contributed by atoms with E-state index in [1.807, 2.05) is 43.6 Å². The van der Waals surface area contributed by atoms with Crippen LogP contribution in [0.2, 0.25) is 0 Å². The molecule has 2 aromatic carbocycles. The molecule has 0 amide bonds. The summed E-state index contributed by atoms with van der Waals surface area (Å²) >= 11 is 0. The maximum Gasteiger partial charge on any atom is 0.137 e. The predicted molar refractivity (Wildman–Crippen MR) is 151 cm³/mol. The van der Waals surface area contributed by atoms with E-state index < -0.39 is 11.6 Å². The van der Waals surface area contributed by atoms with Crippen LogP contribution in [0.1, 0.15) is 25.1 Å². The van der Waals surface area contributed by atoms with Gasteiger partial charge in [0.25, 0.3) is 0 Å². The SMILES string of the molecule is Cc1c(-c2cccc3[nH]ccc23)nc2cc(F)cc(F)c2c1N1CC(C)(C)c2ncc(N3CCOCC3)cc21. The Morgan fingerprint density at radius 1 is 1.05 bits per heavy atom. The highest BCUT2D eigenvalue weighted by molar-refractivity contribution is 6.03. The summed E-state index contributed by atoms with van der Waals surface area (Å²) in [5, 5.41) is 1.33. The van der Waals surface area contributed by atoms with E-state index >= 15 is 4.39 Å². The molecule has 0 bridgehead atoms. The highest BCUT2D eigenvalue weighted by Gasteiger charge is 2.40. The Labute approximate surface area is 225 Å². The molecule has 0 saturated carbocycles. The topological polar surface area (TPSA) is 57.3 Å². The summed E-state index contributed by atoms with van der Waals surface area (Å²) in [6.45, 7) is 9.82. The van der Waals surface area contributed by atoms with Gasteiger partial charge in [-0.25, -0.2) is 13.8 Å². The van der Waals surface area contributed by atoms with Gasteiger partial charge in [-0.1, -0.05) is 26.0 Å². The zero-order chi connectivity index (χ0) is 26.9. The highest BCUT2D eigenvalue weighted by atomic mass is 19.1. The number of H-pyrrole nitrogens is 1. The molecule has 6 nitrogen and oxygen atoms in total. The number of pyridine rings is 2. The number of hydrogen-bond acceptors (Lipinski definition) is 5. The second kappa shape index (κ2) is 8.74. The van der Waals surface area contributed by atoms with Crippen molar-refractivity contribution in [3.63, 3.8) is 0 Å². The molecular weight excluding hydrogens is 496 g/mol. The maximum atomic E-state index is 15.7. The smallest absolute Gasteiger partial charge is 0.137 e. The third kappa shape index (κ3) is 3.77. The summed E-state index contributed by atoms with van der Waals surface area (Å²) in [5.74, 6) is -1.27. The average Bonchev–Trinajstić information content (AvgIpc) is 3.51. The minimum absolute atomic E-state index is 0.280. The number of ether oxygens (including phenoxy) is 1. The van der Waals surface area contributed by atoms with Crippen molar-refractivity contribution in [2.45, 2.75) is 26.2 Å². The summed E-state index contributed by atoms with van der Waals surface area (Å²) in [4.78, 5) is 17.5. The largest absolute Gasteiger partial charge is 0.378 e. The zero-order valence-corrected chi connectivity index (χ0v) is 22.2. The molecule has 1 N–H and O–H groups in total. The van der Waals surface area contributed by atoms with Gasteiger partial charge in [-0.2, -0.15) is 0 Å². The lowest BCUT2D eigenvalue weighted by Crippen LogP contribution is -2.36. The Morgan fingerprint density at radius 3 is 2.69 bits per heavy atom. The molecular formula is C31H29F2N5O. The summed E-state index contributed by atoms with van der Waals surface area (Å²) < 4.78 is 35.8. The zero-order valence-electron chi connectivity index (χ0n) is 22.2. The van der Waals surface area contributed by atoms with Gasteiger partial charge in [0.2, 0.25) is 0 Å². The Balaban J connectivity index is 1.50. The molecule has 5 aromatic rings. The highest BCUT2D eigenvalue weighted by Crippen LogP contribution is 2.49. The number of aromatic nitrogens is 3. The van der Waals surface area contributed by atoms with Crippen LogP contribution < -0.4 is 9.80 Å². The van der Waals surface area contributed by atoms with Crippen molar-refractivity contribution >= 4 is 38.9 Å². The fourth-order valence-corrected chi connectivity index (χ4v) is 6.20. The first-order chi connectivity index (χ1) is 18.8. The van der Waals surface area contributed by atoms with Gasteiger partial charge in [0, 0.05) is 59.8 Å². The fourth-order valence-electron chi connectivity index (χ4n) is 6.20. The third-order valence-corrected chi connectivity index (χ3v) is 8.05. The van der Waals surface area contributed by atoms with E-state index in [1.165, 1.54) is 6.07 Å². The predicted octanol–water partition coefficient (Wildman–Crippen LogP) is 6.63. The lowest BCUT2D eigenvalue weighted by atomic mass is 9.91. The normalized spacial score (nSPS) is 16.8. The van der Waals surface area contributed by atoms with Crippen molar-refractivity contribution in [1.82, 2.24) is 15.0 Å². The van der Waals surface area contributed by atoms with Gasteiger partial charge in [0.15, 0.2) is 0 Å². The van der Waals surface area contributed by atoms with E-state index in [-0.39, 0.29) is 5.41 Å². The molecule has 3 aromatic heterocycles. The second-order valence-corrected chi connectivity index (χ2v) is 11.1. The Kier molecular flexibility index (Phi) is 5.39. The number of benzene rings is 2. The van der Waals surface area contributed by atoms with Gasteiger partial charge >= 0.3 is 0 Å². The molecule has 39 heavy (non-hydrogen) atoms. The van der Waals surface area contributed by atoms with Crippen LogP contribution in [-0.2, 0) is 10.2 Å². The van der Waals surface area contributed by atoms with Crippen LogP contribution >= 0.6 is 0 Å². The first-order valence-corrected chi connectivity index (χ1v) is 13.3. The summed E-state index contributed by atoms with van der Waals surface area (Å²) in [6, 6.07) is 12.4. The molecule has 0 aliphatic carbocycles. The monoisotopic (exact) mass is 525 g/mol. The van der Waals surface area contributed by atoms with Crippen molar-refractivity contribution in [3.05, 3.63) is 77.8 Å². The van der Waals surface area contributed by atoms with Gasteiger partial charge in [-0.3, -0.25) is 4.98 Å². The van der Waals surface area contributed by atoms with Gasteiger partial charge in [-0.05, 0) is 30.7 Å². The second-order valence-electron chi connectivity index (χ2n) is 11.1. The number of hydrogen-bond donors (Lipinski definition) is 1. The Morgan fingerprint density at radius 2 is 1.87 bits per heavy atom. The summed E-state index contributed by atoms with van der Waals surface area (Å²) in [7, 11) is 0. The lowest BCUT2D eigenvalue weighted by molar-refractivity contribution is 0.122. The molecule has 2 aliphatic heterocycles. The van der Waals surface area contributed by atoms with E-state index in [0.29, 0.717) is 42.0 Å². The van der Waals surface area contributed by atoms with Crippen LogP contribution in [0.3, 0.4) is 0 Å². The molecule has 8 heteroatoms. The van der Waals surface area contributed by atoms with Gasteiger partial charge < -0.3 is 19.5 Å². The number of halogens is 2. The molecule has 198 valence electrons. The average molecular weight is 526 g/mol. The minimum atomic E-state index is -0.647. The number of rotatable bonds is 3. The number of anilines is 3. The third-order valence-electron chi connectivity index (χ3n) is 8.05. The summed E-state index contributed by atoms with van der Waals surface area (Å²) in [6.07, 6.45) is 3.82. The molecule has 0 radical (unpaired) electrons. The molecule has 0 spiro atoms. The lowest BCUT2D eigenvalue weighted by Gasteiger charge is -2.30. The quantitative estimate of drug-likeness (QED) is 0.287. The van der Waals surface area contributed by atoms with E-state index in [1.54, 1.807) is 0 Å². The van der Waals surface area contributed by atoms with Crippen molar-refractivity contribution < 1.29 is 13.5 Å². The van der Waals surface area contributed by atoms with Crippen LogP contribution in [0.15, 0.2) is 54.9 Å². The Hall–Kier alpha value is -4.04. The van der Waals surface area contributed by atoms with Gasteiger partial charge in [0.05, 0.1) is 58.8 Å². The minimum Gasteiger partial charge on any atom is -0.378 e. The Bertz CT molecular complexity index is 1760. The van der Waals surface area contributed by atoms with Gasteiger partial charge in [-0.15, -0.1) is 0 Å². The molecule has 1 fully saturated rings. The van der Waals surface area contributed by atoms with Crippen LogP contribution in [0, 0.1) is 18.6 Å². The number of nitrogens with one attached hydrogen (secondary N) is 1. The van der Waals surface area contributed by atoms with Crippen molar-refractivity contribution in [2.75, 3.05) is 42.6 Å². The fraction of sp³-hybridized carbons (Fsp3) is 0.290. The standard InChI is InChI=1S/C31H29F2N5O/c1-18-28(22-5-4-6-24-21(22)7-8-34-24)36-25-14-19(32)13-23(33)27(25)29(18)38-17-31(2,3)30-26(38)15-20(16-35-30)37-9-11-39-12-10-37/h4-8,13-16,34H,9-12,17H2,1-3H3. The van der Waals surface area contributed by atoms with E-state index in [9.17, 15) is 4.39 Å². The molecule has 7 rings (SSSR count). The number of nitrogens with zero attached hydrogens (tertiary/aromatic N) is 4. The van der Waals surface area contributed by atoms with E-state index in [2.05, 4.69) is 34.7 Å². The first-order valence-electron chi connectivity index (χ1n) is 13.3. The number of fused-ring (bicyclic) bond motifs is 3. The summed E-state index contributed by atoms with van der Waals surface area (Å²) in [5.41, 5.74) is 7.06. The van der Waals surface area contributed by atoms with Crippen LogP contribution in [-0.4, -0.2) is 47.8 Å². The van der Waals surface area contributed by atoms with Gasteiger partial charge in [0.1, 0.15) is 11.6 Å². The molecule has 5 heterocycles. The molecule has 0 unspecified atom stereocenters. The first kappa shape index (κ1) is 24.0. The van der Waals surface area contributed by atoms with Crippen molar-refractivity contribution in [3.8, 4) is 11.3 Å². The number of aromatic amines is 1. The van der Waals surface area contributed by atoms with E-state index in [4.69, 9.17) is 14.7 Å². The van der Waals surface area contributed by atoms with Crippen molar-refractivity contribution in [2.24, 2.45) is 0 Å². The molecule has 2 aliphatic rings. The van der Waals surface area contributed by atoms with E-state index in [0.717, 1.165) is 58.3 Å². The van der Waals surface area contributed by atoms with Crippen LogP contribution in [0.5, 0.6) is 0 Å². The molecule has 1 saturated heterocycles.